The highest BCUT2D eigenvalue weighted by Gasteiger charge is 2.25. The molecule has 1 atom stereocenters. The highest BCUT2D eigenvalue weighted by Crippen LogP contribution is 2.36. The summed E-state index contributed by atoms with van der Waals surface area (Å²) in [6.45, 7) is 7.27. The van der Waals surface area contributed by atoms with Gasteiger partial charge in [0.1, 0.15) is 10.5 Å². The number of fused-ring (bicyclic) bond motifs is 4. The van der Waals surface area contributed by atoms with Gasteiger partial charge < -0.3 is 0 Å². The second kappa shape index (κ2) is 9.06. The molecule has 8 heteroatoms. The first-order valence-corrected chi connectivity index (χ1v) is 13.4. The molecule has 0 aliphatic heterocycles. The first-order chi connectivity index (χ1) is 15.9. The van der Waals surface area contributed by atoms with Gasteiger partial charge in [0.25, 0.3) is 11.1 Å². The quantitative estimate of drug-likeness (QED) is 0.289. The van der Waals surface area contributed by atoms with E-state index in [-0.39, 0.29) is 11.1 Å². The predicted molar refractivity (Wildman–Crippen MR) is 136 cm³/mol. The Kier molecular flexibility index (Phi) is 6.14. The van der Waals surface area contributed by atoms with Crippen molar-refractivity contribution < 1.29 is 0 Å². The lowest BCUT2D eigenvalue weighted by Crippen LogP contribution is -2.25. The van der Waals surface area contributed by atoms with Crippen LogP contribution >= 0.6 is 23.1 Å². The van der Waals surface area contributed by atoms with Gasteiger partial charge in [-0.3, -0.25) is 18.6 Å². The maximum atomic E-state index is 13.7. The number of thioether (sulfide) groups is 1. The number of rotatable bonds is 6. The van der Waals surface area contributed by atoms with E-state index < -0.39 is 0 Å². The van der Waals surface area contributed by atoms with Gasteiger partial charge in [-0.1, -0.05) is 38.6 Å². The Balaban J connectivity index is 1.54. The molecular weight excluding hydrogens is 452 g/mol. The first-order valence-electron chi connectivity index (χ1n) is 11.6. The average Bonchev–Trinajstić information content (AvgIpc) is 3.14. The summed E-state index contributed by atoms with van der Waals surface area (Å²) in [7, 11) is 0. The molecule has 0 spiro atoms. The van der Waals surface area contributed by atoms with E-state index in [9.17, 15) is 9.59 Å². The molecule has 0 saturated heterocycles. The number of pyridine rings is 1. The van der Waals surface area contributed by atoms with E-state index in [1.54, 1.807) is 23.6 Å². The van der Waals surface area contributed by atoms with E-state index in [0.29, 0.717) is 35.5 Å². The molecule has 1 unspecified atom stereocenters. The van der Waals surface area contributed by atoms with Gasteiger partial charge in [0.15, 0.2) is 5.16 Å². The van der Waals surface area contributed by atoms with Crippen LogP contribution in [0.2, 0.25) is 0 Å². The molecule has 0 fully saturated rings. The maximum absolute atomic E-state index is 13.7. The van der Waals surface area contributed by atoms with Crippen molar-refractivity contribution in [3.63, 3.8) is 0 Å². The molecule has 1 aliphatic rings. The number of nitrogens with zero attached hydrogens (tertiary/aromatic N) is 4. The van der Waals surface area contributed by atoms with Crippen molar-refractivity contribution in [2.75, 3.05) is 0 Å². The minimum Gasteiger partial charge on any atom is -0.287 e. The standard InChI is InChI=1S/C25H28N4O2S2/c1-15(2)9-11-29-24(31)22-18-8-7-16(3)12-19(18)33-23(22)27-25(29)32-14-17-13-21(30)28-10-5-4-6-20(28)26-17/h4-6,10,13,15-16H,7-9,11-12,14H2,1-3H3. The second-order valence-corrected chi connectivity index (χ2v) is 11.4. The molecule has 0 saturated carbocycles. The normalized spacial score (nSPS) is 16.1. The number of aromatic nitrogens is 4. The lowest BCUT2D eigenvalue weighted by Gasteiger charge is -2.18. The number of thiophene rings is 1. The Morgan fingerprint density at radius 1 is 1.24 bits per heavy atom. The van der Waals surface area contributed by atoms with Gasteiger partial charge in [-0.05, 0) is 55.2 Å². The average molecular weight is 481 g/mol. The fourth-order valence-corrected chi connectivity index (χ4v) is 6.76. The lowest BCUT2D eigenvalue weighted by molar-refractivity contribution is 0.480. The van der Waals surface area contributed by atoms with E-state index in [0.717, 1.165) is 41.1 Å². The molecular formula is C25H28N4O2S2. The maximum Gasteiger partial charge on any atom is 0.263 e. The Morgan fingerprint density at radius 2 is 2.09 bits per heavy atom. The van der Waals surface area contributed by atoms with Gasteiger partial charge in [-0.2, -0.15) is 0 Å². The molecule has 0 aromatic carbocycles. The minimum absolute atomic E-state index is 0.0849. The van der Waals surface area contributed by atoms with Crippen molar-refractivity contribution in [3.8, 4) is 0 Å². The molecule has 6 nitrogen and oxygen atoms in total. The summed E-state index contributed by atoms with van der Waals surface area (Å²) >= 11 is 3.18. The van der Waals surface area contributed by atoms with Crippen LogP contribution < -0.4 is 11.1 Å². The molecule has 0 bridgehead atoms. The molecule has 4 aromatic heterocycles. The zero-order valence-corrected chi connectivity index (χ0v) is 20.8. The van der Waals surface area contributed by atoms with Crippen molar-refractivity contribution in [1.29, 1.82) is 0 Å². The van der Waals surface area contributed by atoms with Crippen LogP contribution in [0.25, 0.3) is 15.9 Å². The molecule has 172 valence electrons. The largest absolute Gasteiger partial charge is 0.287 e. The topological polar surface area (TPSA) is 69.3 Å². The van der Waals surface area contributed by atoms with Gasteiger partial charge >= 0.3 is 0 Å². The van der Waals surface area contributed by atoms with Crippen LogP contribution in [0.3, 0.4) is 0 Å². The lowest BCUT2D eigenvalue weighted by atomic mass is 9.89. The van der Waals surface area contributed by atoms with Gasteiger partial charge in [-0.25, -0.2) is 9.97 Å². The van der Waals surface area contributed by atoms with Gasteiger partial charge in [0.05, 0.1) is 11.1 Å². The molecule has 0 amide bonds. The molecule has 0 radical (unpaired) electrons. The molecule has 33 heavy (non-hydrogen) atoms. The smallest absolute Gasteiger partial charge is 0.263 e. The third-order valence-electron chi connectivity index (χ3n) is 6.28. The van der Waals surface area contributed by atoms with Crippen molar-refractivity contribution >= 4 is 39.0 Å². The van der Waals surface area contributed by atoms with Crippen LogP contribution in [0.4, 0.5) is 0 Å². The van der Waals surface area contributed by atoms with E-state index in [4.69, 9.17) is 4.98 Å². The van der Waals surface area contributed by atoms with Gasteiger partial charge in [0.2, 0.25) is 0 Å². The van der Waals surface area contributed by atoms with Crippen molar-refractivity contribution in [1.82, 2.24) is 18.9 Å². The van der Waals surface area contributed by atoms with Crippen LogP contribution in [-0.2, 0) is 25.1 Å². The summed E-state index contributed by atoms with van der Waals surface area (Å²) in [6, 6.07) is 7.09. The van der Waals surface area contributed by atoms with Gasteiger partial charge in [0, 0.05) is 29.4 Å². The SMILES string of the molecule is CC(C)CCn1c(SCc2cc(=O)n3ccccc3n2)nc2sc3c(c2c1=O)CCC(C)C3. The predicted octanol–water partition coefficient (Wildman–Crippen LogP) is 4.93. The number of aryl methyl sites for hydroxylation is 1. The summed E-state index contributed by atoms with van der Waals surface area (Å²) in [5.74, 6) is 1.63. The Morgan fingerprint density at radius 3 is 2.91 bits per heavy atom. The number of hydrogen-bond donors (Lipinski definition) is 0. The Hall–Kier alpha value is -2.45. The third-order valence-corrected chi connectivity index (χ3v) is 8.44. The highest BCUT2D eigenvalue weighted by atomic mass is 32.2. The molecule has 1 aliphatic carbocycles. The van der Waals surface area contributed by atoms with E-state index in [1.807, 2.05) is 22.8 Å². The fourth-order valence-electron chi connectivity index (χ4n) is 4.41. The summed E-state index contributed by atoms with van der Waals surface area (Å²) in [5.41, 5.74) is 2.53. The Labute approximate surface area is 200 Å². The monoisotopic (exact) mass is 480 g/mol. The van der Waals surface area contributed by atoms with Crippen molar-refractivity contribution in [3.05, 3.63) is 67.3 Å². The van der Waals surface area contributed by atoms with Gasteiger partial charge in [-0.15, -0.1) is 11.3 Å². The van der Waals surface area contributed by atoms with Crippen molar-refractivity contribution in [2.24, 2.45) is 11.8 Å². The van der Waals surface area contributed by atoms with Crippen molar-refractivity contribution in [2.45, 2.75) is 63.9 Å². The second-order valence-electron chi connectivity index (χ2n) is 9.37. The molecule has 0 N–H and O–H groups in total. The number of hydrogen-bond acceptors (Lipinski definition) is 6. The summed E-state index contributed by atoms with van der Waals surface area (Å²) in [6.07, 6.45) is 5.77. The summed E-state index contributed by atoms with van der Waals surface area (Å²) < 4.78 is 3.39. The summed E-state index contributed by atoms with van der Waals surface area (Å²) in [5, 5.41) is 1.55. The Bertz CT molecular complexity index is 1450. The first kappa shape index (κ1) is 22.3. The van der Waals surface area contributed by atoms with E-state index in [2.05, 4.69) is 25.8 Å². The summed E-state index contributed by atoms with van der Waals surface area (Å²) in [4.78, 5) is 37.9. The van der Waals surface area contributed by atoms with E-state index in [1.165, 1.54) is 26.6 Å². The van der Waals surface area contributed by atoms with Crippen LogP contribution in [0, 0.1) is 11.8 Å². The molecule has 5 rings (SSSR count). The van der Waals surface area contributed by atoms with Crippen LogP contribution in [-0.4, -0.2) is 18.9 Å². The zero-order chi connectivity index (χ0) is 23.1. The third kappa shape index (κ3) is 4.38. The molecule has 4 aromatic rings. The minimum atomic E-state index is -0.100. The fraction of sp³-hybridized carbons (Fsp3) is 0.440. The zero-order valence-electron chi connectivity index (χ0n) is 19.2. The van der Waals surface area contributed by atoms with Crippen LogP contribution in [0.1, 0.15) is 49.7 Å². The molecule has 4 heterocycles. The van der Waals surface area contributed by atoms with Crippen LogP contribution in [0.15, 0.2) is 45.2 Å². The highest BCUT2D eigenvalue weighted by molar-refractivity contribution is 7.98. The van der Waals surface area contributed by atoms with E-state index >= 15 is 0 Å². The van der Waals surface area contributed by atoms with Crippen LogP contribution in [0.5, 0.6) is 0 Å².